The minimum atomic E-state index is -0.271. The molecule has 18 heavy (non-hydrogen) atoms. The molecule has 0 unspecified atom stereocenters. The van der Waals surface area contributed by atoms with Crippen LogP contribution in [0.1, 0.15) is 6.42 Å². The predicted molar refractivity (Wildman–Crippen MR) is 72.2 cm³/mol. The summed E-state index contributed by atoms with van der Waals surface area (Å²) >= 11 is 3.22. The van der Waals surface area contributed by atoms with Gasteiger partial charge in [-0.1, -0.05) is 12.2 Å². The topological polar surface area (TPSA) is 74.2 Å². The number of aliphatic hydroxyl groups is 1. The minimum Gasteiger partial charge on any atom is -0.396 e. The summed E-state index contributed by atoms with van der Waals surface area (Å²) in [5.41, 5.74) is 0.636. The van der Waals surface area contributed by atoms with Gasteiger partial charge >= 0.3 is 6.03 Å². The van der Waals surface area contributed by atoms with Crippen LogP contribution in [0.4, 0.5) is 10.5 Å². The van der Waals surface area contributed by atoms with E-state index >= 15 is 0 Å². The van der Waals surface area contributed by atoms with Crippen LogP contribution >= 0.6 is 15.9 Å². The summed E-state index contributed by atoms with van der Waals surface area (Å²) in [5, 5.41) is 14.5. The number of carbonyl (C=O) groups is 1. The molecule has 5 nitrogen and oxygen atoms in total. The first-order valence-electron chi connectivity index (χ1n) is 5.65. The van der Waals surface area contributed by atoms with Crippen LogP contribution in [0.15, 0.2) is 35.1 Å². The number of hydrogen-bond donors (Lipinski definition) is 3. The Labute approximate surface area is 113 Å². The number of pyridine rings is 1. The number of aliphatic hydroxyl groups excluding tert-OH is 1. The second kappa shape index (κ2) is 5.97. The van der Waals surface area contributed by atoms with E-state index in [0.717, 1.165) is 11.0 Å². The van der Waals surface area contributed by atoms with Crippen molar-refractivity contribution in [1.82, 2.24) is 10.3 Å². The fraction of sp³-hybridized carbons (Fsp3) is 0.333. The van der Waals surface area contributed by atoms with Crippen LogP contribution in [0, 0.1) is 5.92 Å². The number of carbonyl (C=O) groups excluding carboxylic acids is 1. The zero-order valence-electron chi connectivity index (χ0n) is 9.64. The third-order valence-electron chi connectivity index (χ3n) is 2.71. The van der Waals surface area contributed by atoms with Crippen LogP contribution in [0.25, 0.3) is 0 Å². The Balaban J connectivity index is 1.82. The van der Waals surface area contributed by atoms with Gasteiger partial charge in [-0.3, -0.25) is 0 Å². The number of rotatable bonds is 3. The highest BCUT2D eigenvalue weighted by atomic mass is 79.9. The van der Waals surface area contributed by atoms with Crippen molar-refractivity contribution >= 4 is 27.6 Å². The van der Waals surface area contributed by atoms with E-state index in [2.05, 4.69) is 31.5 Å². The average Bonchev–Trinajstić information content (AvgIpc) is 2.79. The Morgan fingerprint density at radius 2 is 2.33 bits per heavy atom. The van der Waals surface area contributed by atoms with E-state index in [1.54, 1.807) is 18.3 Å². The van der Waals surface area contributed by atoms with Gasteiger partial charge in [0.25, 0.3) is 0 Å². The van der Waals surface area contributed by atoms with Crippen LogP contribution in [0.3, 0.4) is 0 Å². The molecule has 6 heteroatoms. The number of halogens is 1. The molecule has 96 valence electrons. The Kier molecular flexibility index (Phi) is 4.33. The molecular weight excluding hydrogens is 298 g/mol. The van der Waals surface area contributed by atoms with Crippen LogP contribution < -0.4 is 10.6 Å². The van der Waals surface area contributed by atoms with Crippen molar-refractivity contribution < 1.29 is 9.90 Å². The maximum Gasteiger partial charge on any atom is 0.319 e. The van der Waals surface area contributed by atoms with E-state index in [9.17, 15) is 4.79 Å². The lowest BCUT2D eigenvalue weighted by Gasteiger charge is -2.13. The van der Waals surface area contributed by atoms with E-state index in [-0.39, 0.29) is 24.6 Å². The number of nitrogens with one attached hydrogen (secondary N) is 2. The van der Waals surface area contributed by atoms with E-state index in [1.807, 2.05) is 12.2 Å². The molecule has 1 aromatic heterocycles. The Morgan fingerprint density at radius 3 is 2.94 bits per heavy atom. The van der Waals surface area contributed by atoms with Crippen molar-refractivity contribution in [2.24, 2.45) is 5.92 Å². The fourth-order valence-corrected chi connectivity index (χ4v) is 2.04. The van der Waals surface area contributed by atoms with Crippen molar-refractivity contribution in [1.29, 1.82) is 0 Å². The number of nitrogens with zero attached hydrogens (tertiary/aromatic N) is 1. The van der Waals surface area contributed by atoms with Gasteiger partial charge in [-0.2, -0.15) is 0 Å². The third-order valence-corrected chi connectivity index (χ3v) is 3.18. The Morgan fingerprint density at radius 1 is 1.50 bits per heavy atom. The molecule has 0 fully saturated rings. The van der Waals surface area contributed by atoms with Crippen LogP contribution in [-0.2, 0) is 0 Å². The first kappa shape index (κ1) is 13.0. The molecule has 1 heterocycles. The molecule has 0 bridgehead atoms. The lowest BCUT2D eigenvalue weighted by atomic mass is 10.1. The van der Waals surface area contributed by atoms with E-state index in [4.69, 9.17) is 5.11 Å². The summed E-state index contributed by atoms with van der Waals surface area (Å²) in [6, 6.07) is 3.22. The predicted octanol–water partition coefficient (Wildman–Crippen LogP) is 1.90. The molecule has 0 radical (unpaired) electrons. The lowest BCUT2D eigenvalue weighted by molar-refractivity contribution is 0.238. The summed E-state index contributed by atoms with van der Waals surface area (Å²) in [4.78, 5) is 15.7. The molecule has 0 saturated heterocycles. The molecule has 1 aliphatic carbocycles. The molecule has 1 aromatic rings. The molecule has 0 spiro atoms. The van der Waals surface area contributed by atoms with Crippen LogP contribution in [-0.4, -0.2) is 28.8 Å². The maximum atomic E-state index is 11.7. The van der Waals surface area contributed by atoms with Crippen molar-refractivity contribution in [2.45, 2.75) is 12.5 Å². The zero-order chi connectivity index (χ0) is 13.0. The number of aromatic nitrogens is 1. The summed E-state index contributed by atoms with van der Waals surface area (Å²) in [6.07, 6.45) is 6.14. The molecule has 3 N–H and O–H groups in total. The highest BCUT2D eigenvalue weighted by Gasteiger charge is 2.19. The average molecular weight is 312 g/mol. The van der Waals surface area contributed by atoms with E-state index < -0.39 is 0 Å². The first-order valence-corrected chi connectivity index (χ1v) is 6.45. The van der Waals surface area contributed by atoms with Gasteiger partial charge in [-0.05, 0) is 34.5 Å². The second-order valence-electron chi connectivity index (χ2n) is 4.14. The molecule has 2 atom stereocenters. The summed E-state index contributed by atoms with van der Waals surface area (Å²) < 4.78 is 0.720. The minimum absolute atomic E-state index is 0.0226. The van der Waals surface area contributed by atoms with E-state index in [0.29, 0.717) is 5.69 Å². The zero-order valence-corrected chi connectivity index (χ0v) is 11.2. The Bertz CT molecular complexity index is 447. The summed E-state index contributed by atoms with van der Waals surface area (Å²) in [6.45, 7) is 0.118. The van der Waals surface area contributed by atoms with Crippen molar-refractivity contribution in [2.75, 3.05) is 11.9 Å². The number of anilines is 1. The fourth-order valence-electron chi connectivity index (χ4n) is 1.80. The van der Waals surface area contributed by atoms with Crippen molar-refractivity contribution in [3.63, 3.8) is 0 Å². The number of hydrogen-bond acceptors (Lipinski definition) is 3. The first-order chi connectivity index (χ1) is 8.67. The van der Waals surface area contributed by atoms with Gasteiger partial charge < -0.3 is 15.7 Å². The van der Waals surface area contributed by atoms with Crippen molar-refractivity contribution in [3.05, 3.63) is 35.1 Å². The maximum absolute atomic E-state index is 11.7. The molecule has 2 rings (SSSR count). The van der Waals surface area contributed by atoms with Gasteiger partial charge in [-0.25, -0.2) is 9.78 Å². The van der Waals surface area contributed by atoms with Gasteiger partial charge in [0.15, 0.2) is 0 Å². The standard InChI is InChI=1S/C12H14BrN3O2/c13-11-4-3-10(6-14-11)16-12(18)15-9-2-1-8(5-9)7-17/h1-4,6,8-9,17H,5,7H2,(H2,15,16,18)/t8-,9+/m0/s1. The molecule has 2 amide bonds. The van der Waals surface area contributed by atoms with Gasteiger partial charge in [0, 0.05) is 18.6 Å². The summed E-state index contributed by atoms with van der Waals surface area (Å²) in [5.74, 6) is 0.143. The smallest absolute Gasteiger partial charge is 0.319 e. The third kappa shape index (κ3) is 3.54. The molecule has 0 aliphatic heterocycles. The quantitative estimate of drug-likeness (QED) is 0.589. The largest absolute Gasteiger partial charge is 0.396 e. The number of urea groups is 1. The molecular formula is C12H14BrN3O2. The summed E-state index contributed by atoms with van der Waals surface area (Å²) in [7, 11) is 0. The van der Waals surface area contributed by atoms with Gasteiger partial charge in [0.1, 0.15) is 4.60 Å². The van der Waals surface area contributed by atoms with Gasteiger partial charge in [-0.15, -0.1) is 0 Å². The van der Waals surface area contributed by atoms with Gasteiger partial charge in [0.05, 0.1) is 11.9 Å². The SMILES string of the molecule is O=C(Nc1ccc(Br)nc1)N[C@@H]1C=C[C@H](CO)C1. The van der Waals surface area contributed by atoms with Crippen LogP contribution in [0.5, 0.6) is 0 Å². The van der Waals surface area contributed by atoms with E-state index in [1.165, 1.54) is 0 Å². The molecule has 0 aromatic carbocycles. The Hall–Kier alpha value is -1.40. The second-order valence-corrected chi connectivity index (χ2v) is 4.95. The van der Waals surface area contributed by atoms with Crippen molar-refractivity contribution in [3.8, 4) is 0 Å². The van der Waals surface area contributed by atoms with Gasteiger partial charge in [0.2, 0.25) is 0 Å². The molecule has 0 saturated carbocycles. The number of amides is 2. The molecule has 1 aliphatic rings. The monoisotopic (exact) mass is 311 g/mol. The highest BCUT2D eigenvalue weighted by Crippen LogP contribution is 2.17. The normalized spacial score (nSPS) is 21.9. The lowest BCUT2D eigenvalue weighted by Crippen LogP contribution is -2.36. The highest BCUT2D eigenvalue weighted by molar-refractivity contribution is 9.10. The van der Waals surface area contributed by atoms with Crippen LogP contribution in [0.2, 0.25) is 0 Å².